The Bertz CT molecular complexity index is 459. The van der Waals surface area contributed by atoms with Crippen LogP contribution in [0.3, 0.4) is 0 Å². The fourth-order valence-corrected chi connectivity index (χ4v) is 2.93. The third-order valence-corrected chi connectivity index (χ3v) is 4.02. The van der Waals surface area contributed by atoms with E-state index in [2.05, 4.69) is 10.4 Å². The van der Waals surface area contributed by atoms with Crippen LogP contribution in [-0.2, 0) is 17.8 Å². The summed E-state index contributed by atoms with van der Waals surface area (Å²) in [7, 11) is 0. The lowest BCUT2D eigenvalue weighted by molar-refractivity contribution is -0.122. The van der Waals surface area contributed by atoms with E-state index in [1.165, 1.54) is 0 Å². The van der Waals surface area contributed by atoms with E-state index in [1.807, 2.05) is 10.9 Å². The third kappa shape index (κ3) is 4.28. The minimum absolute atomic E-state index is 0.0724. The Morgan fingerprint density at radius 2 is 2.33 bits per heavy atom. The summed E-state index contributed by atoms with van der Waals surface area (Å²) in [5.41, 5.74) is 7.72. The maximum atomic E-state index is 12.0. The van der Waals surface area contributed by atoms with Crippen LogP contribution in [0.1, 0.15) is 55.8 Å². The highest BCUT2D eigenvalue weighted by Gasteiger charge is 2.25. The van der Waals surface area contributed by atoms with Gasteiger partial charge in [-0.25, -0.2) is 0 Å². The summed E-state index contributed by atoms with van der Waals surface area (Å²) in [5.74, 6) is 0.111. The predicted molar refractivity (Wildman–Crippen MR) is 80.7 cm³/mol. The van der Waals surface area contributed by atoms with Gasteiger partial charge < -0.3 is 16.2 Å². The van der Waals surface area contributed by atoms with Crippen molar-refractivity contribution in [3.05, 3.63) is 17.5 Å². The van der Waals surface area contributed by atoms with Crippen LogP contribution >= 0.6 is 0 Å². The number of aromatic nitrogens is 2. The number of hydrogen-bond acceptors (Lipinski definition) is 4. The number of carbonyl (C=O) groups excluding carboxylic acids is 1. The number of fused-ring (bicyclic) bond motifs is 1. The first-order valence-electron chi connectivity index (χ1n) is 7.91. The van der Waals surface area contributed by atoms with Crippen LogP contribution in [0, 0.1) is 0 Å². The van der Waals surface area contributed by atoms with E-state index in [0.717, 1.165) is 49.8 Å². The molecule has 1 aliphatic carbocycles. The van der Waals surface area contributed by atoms with Gasteiger partial charge in [-0.3, -0.25) is 9.48 Å². The largest absolute Gasteiger partial charge is 0.394 e. The van der Waals surface area contributed by atoms with Gasteiger partial charge in [-0.2, -0.15) is 5.10 Å². The molecule has 6 nitrogen and oxygen atoms in total. The summed E-state index contributed by atoms with van der Waals surface area (Å²) >= 11 is 0. The van der Waals surface area contributed by atoms with E-state index in [0.29, 0.717) is 19.5 Å². The smallest absolute Gasteiger partial charge is 0.220 e. The molecule has 0 radical (unpaired) electrons. The number of aliphatic hydroxyl groups excluding tert-OH is 1. The van der Waals surface area contributed by atoms with Crippen LogP contribution in [0.25, 0.3) is 0 Å². The van der Waals surface area contributed by atoms with Crippen molar-refractivity contribution in [2.24, 2.45) is 5.73 Å². The molecule has 4 N–H and O–H groups in total. The Kier molecular flexibility index (Phi) is 6.20. The van der Waals surface area contributed by atoms with E-state index in [9.17, 15) is 4.79 Å². The van der Waals surface area contributed by atoms with E-state index in [1.54, 1.807) is 0 Å². The van der Waals surface area contributed by atoms with Crippen LogP contribution in [0.15, 0.2) is 6.20 Å². The van der Waals surface area contributed by atoms with Gasteiger partial charge in [0, 0.05) is 17.7 Å². The fraction of sp³-hybridized carbons (Fsp3) is 0.733. The molecule has 0 saturated heterocycles. The Hall–Kier alpha value is -1.40. The molecule has 118 valence electrons. The molecule has 6 heteroatoms. The van der Waals surface area contributed by atoms with Crippen molar-refractivity contribution in [3.63, 3.8) is 0 Å². The first-order valence-corrected chi connectivity index (χ1v) is 7.91. The molecule has 21 heavy (non-hydrogen) atoms. The van der Waals surface area contributed by atoms with Crippen LogP contribution < -0.4 is 11.1 Å². The molecule has 0 saturated carbocycles. The van der Waals surface area contributed by atoms with Gasteiger partial charge in [0.1, 0.15) is 0 Å². The maximum absolute atomic E-state index is 12.0. The Morgan fingerprint density at radius 1 is 1.48 bits per heavy atom. The van der Waals surface area contributed by atoms with Gasteiger partial charge in [-0.05, 0) is 38.6 Å². The van der Waals surface area contributed by atoms with Crippen molar-refractivity contribution >= 4 is 5.91 Å². The average Bonchev–Trinajstić information content (AvgIpc) is 2.89. The van der Waals surface area contributed by atoms with Crippen molar-refractivity contribution in [1.29, 1.82) is 0 Å². The number of carbonyl (C=O) groups is 1. The van der Waals surface area contributed by atoms with E-state index in [-0.39, 0.29) is 18.6 Å². The second-order valence-corrected chi connectivity index (χ2v) is 5.61. The minimum atomic E-state index is 0.0724. The number of amides is 1. The molecule has 0 fully saturated rings. The highest BCUT2D eigenvalue weighted by Crippen LogP contribution is 2.29. The molecule has 0 aliphatic heterocycles. The van der Waals surface area contributed by atoms with Crippen molar-refractivity contribution < 1.29 is 9.90 Å². The summed E-state index contributed by atoms with van der Waals surface area (Å²) in [6.07, 6.45) is 8.27. The lowest BCUT2D eigenvalue weighted by Gasteiger charge is -2.24. The molecule has 1 aromatic heterocycles. The SMILES string of the molecule is NCCCCCC(=O)NC1CCCc2c1cnn2CCO. The fourth-order valence-electron chi connectivity index (χ4n) is 2.93. The Balaban J connectivity index is 1.89. The number of unbranched alkanes of at least 4 members (excludes halogenated alkanes) is 2. The summed E-state index contributed by atoms with van der Waals surface area (Å²) in [4.78, 5) is 12.0. The lowest BCUT2D eigenvalue weighted by Crippen LogP contribution is -2.30. The van der Waals surface area contributed by atoms with Crippen LogP contribution in [-0.4, -0.2) is 33.9 Å². The van der Waals surface area contributed by atoms with Gasteiger partial charge in [0.2, 0.25) is 5.91 Å². The molecule has 1 atom stereocenters. The molecular formula is C15H26N4O2. The van der Waals surface area contributed by atoms with Crippen LogP contribution in [0.4, 0.5) is 0 Å². The number of nitrogens with one attached hydrogen (secondary N) is 1. The normalized spacial score (nSPS) is 17.5. The first-order chi connectivity index (χ1) is 10.3. The average molecular weight is 294 g/mol. The Labute approximate surface area is 125 Å². The standard InChI is InChI=1S/C15H26N4O2/c16-8-3-1-2-7-15(21)18-13-5-4-6-14-12(13)11-17-19(14)9-10-20/h11,13,20H,1-10,16H2,(H,18,21). The van der Waals surface area contributed by atoms with Gasteiger partial charge in [0.05, 0.1) is 25.4 Å². The molecule has 1 aliphatic rings. The molecule has 1 unspecified atom stereocenters. The second-order valence-electron chi connectivity index (χ2n) is 5.61. The number of rotatable bonds is 8. The molecule has 0 aromatic carbocycles. The maximum Gasteiger partial charge on any atom is 0.220 e. The zero-order valence-corrected chi connectivity index (χ0v) is 12.6. The minimum Gasteiger partial charge on any atom is -0.394 e. The van der Waals surface area contributed by atoms with Gasteiger partial charge in [-0.1, -0.05) is 6.42 Å². The summed E-state index contributed by atoms with van der Waals surface area (Å²) < 4.78 is 1.86. The van der Waals surface area contributed by atoms with Gasteiger partial charge in [0.15, 0.2) is 0 Å². The summed E-state index contributed by atoms with van der Waals surface area (Å²) in [5, 5.41) is 16.5. The van der Waals surface area contributed by atoms with Crippen molar-refractivity contribution in [2.45, 2.75) is 57.5 Å². The Morgan fingerprint density at radius 3 is 3.10 bits per heavy atom. The molecule has 0 spiro atoms. The number of nitrogens with zero attached hydrogens (tertiary/aromatic N) is 2. The van der Waals surface area contributed by atoms with Crippen molar-refractivity contribution in [3.8, 4) is 0 Å². The zero-order chi connectivity index (χ0) is 15.1. The number of hydrogen-bond donors (Lipinski definition) is 3. The summed E-state index contributed by atoms with van der Waals surface area (Å²) in [6.45, 7) is 1.30. The van der Waals surface area contributed by atoms with Gasteiger partial charge >= 0.3 is 0 Å². The number of nitrogens with two attached hydrogens (primary N) is 1. The summed E-state index contributed by atoms with van der Waals surface area (Å²) in [6, 6.07) is 0.0724. The molecule has 1 heterocycles. The van der Waals surface area contributed by atoms with Gasteiger partial charge in [0.25, 0.3) is 0 Å². The van der Waals surface area contributed by atoms with E-state index in [4.69, 9.17) is 10.8 Å². The zero-order valence-electron chi connectivity index (χ0n) is 12.6. The van der Waals surface area contributed by atoms with E-state index < -0.39 is 0 Å². The predicted octanol–water partition coefficient (Wildman–Crippen LogP) is 0.888. The van der Waals surface area contributed by atoms with Crippen LogP contribution in [0.2, 0.25) is 0 Å². The molecule has 2 rings (SSSR count). The highest BCUT2D eigenvalue weighted by molar-refractivity contribution is 5.76. The van der Waals surface area contributed by atoms with Crippen molar-refractivity contribution in [2.75, 3.05) is 13.2 Å². The second kappa shape index (κ2) is 8.14. The monoisotopic (exact) mass is 294 g/mol. The lowest BCUT2D eigenvalue weighted by atomic mass is 9.92. The quantitative estimate of drug-likeness (QED) is 0.621. The number of aliphatic hydroxyl groups is 1. The first kappa shape index (κ1) is 16.0. The molecular weight excluding hydrogens is 268 g/mol. The topological polar surface area (TPSA) is 93.2 Å². The van der Waals surface area contributed by atoms with Crippen molar-refractivity contribution in [1.82, 2.24) is 15.1 Å². The van der Waals surface area contributed by atoms with Crippen LogP contribution in [0.5, 0.6) is 0 Å². The van der Waals surface area contributed by atoms with E-state index >= 15 is 0 Å². The van der Waals surface area contributed by atoms with Gasteiger partial charge in [-0.15, -0.1) is 0 Å². The highest BCUT2D eigenvalue weighted by atomic mass is 16.3. The molecule has 0 bridgehead atoms. The third-order valence-electron chi connectivity index (χ3n) is 4.02. The molecule has 1 amide bonds. The molecule has 1 aromatic rings.